The van der Waals surface area contributed by atoms with Gasteiger partial charge < -0.3 is 14.8 Å². The number of alkyl halides is 3. The molecule has 0 fully saturated rings. The van der Waals surface area contributed by atoms with Gasteiger partial charge in [0, 0.05) is 13.7 Å². The van der Waals surface area contributed by atoms with Crippen molar-refractivity contribution in [3.63, 3.8) is 0 Å². The van der Waals surface area contributed by atoms with Crippen LogP contribution in [0.25, 0.3) is 0 Å². The Morgan fingerprint density at radius 3 is 2.50 bits per heavy atom. The number of rotatable bonds is 9. The Labute approximate surface area is 94.3 Å². The molecule has 0 saturated heterocycles. The molecule has 0 aliphatic rings. The van der Waals surface area contributed by atoms with E-state index in [0.29, 0.717) is 13.2 Å². The first-order valence-corrected chi connectivity index (χ1v) is 5.37. The van der Waals surface area contributed by atoms with Crippen LogP contribution in [0.5, 0.6) is 0 Å². The average Bonchev–Trinajstić information content (AvgIpc) is 2.16. The highest BCUT2D eigenvalue weighted by molar-refractivity contribution is 4.61. The van der Waals surface area contributed by atoms with Crippen molar-refractivity contribution in [3.8, 4) is 0 Å². The zero-order valence-corrected chi connectivity index (χ0v) is 9.77. The standard InChI is InChI=1S/C10H20F3NO2/c1-3-5-14-7-9(8-15-2)16-6-4-10(11,12)13/h9,14H,3-8H2,1-2H3. The van der Waals surface area contributed by atoms with Crippen LogP contribution in [0, 0.1) is 0 Å². The van der Waals surface area contributed by atoms with E-state index >= 15 is 0 Å². The lowest BCUT2D eigenvalue weighted by molar-refractivity contribution is -0.150. The zero-order valence-electron chi connectivity index (χ0n) is 9.77. The molecule has 0 radical (unpaired) electrons. The minimum atomic E-state index is -4.16. The molecule has 1 unspecified atom stereocenters. The molecule has 0 aromatic carbocycles. The minimum Gasteiger partial charge on any atom is -0.382 e. The van der Waals surface area contributed by atoms with Gasteiger partial charge in [0.05, 0.1) is 25.7 Å². The summed E-state index contributed by atoms with van der Waals surface area (Å²) < 4.78 is 45.6. The fourth-order valence-corrected chi connectivity index (χ4v) is 1.13. The van der Waals surface area contributed by atoms with Crippen LogP contribution < -0.4 is 5.32 Å². The lowest BCUT2D eigenvalue weighted by Crippen LogP contribution is -2.33. The van der Waals surface area contributed by atoms with Crippen LogP contribution in [-0.4, -0.2) is 45.7 Å². The van der Waals surface area contributed by atoms with Crippen molar-refractivity contribution in [1.82, 2.24) is 5.32 Å². The van der Waals surface area contributed by atoms with Crippen LogP contribution in [0.3, 0.4) is 0 Å². The number of nitrogens with one attached hydrogen (secondary N) is 1. The summed E-state index contributed by atoms with van der Waals surface area (Å²) in [5.74, 6) is 0. The second kappa shape index (κ2) is 8.78. The molecule has 16 heavy (non-hydrogen) atoms. The van der Waals surface area contributed by atoms with Gasteiger partial charge >= 0.3 is 6.18 Å². The Kier molecular flexibility index (Phi) is 8.60. The van der Waals surface area contributed by atoms with E-state index in [1.54, 1.807) is 0 Å². The Hall–Kier alpha value is -0.330. The van der Waals surface area contributed by atoms with Crippen molar-refractivity contribution >= 4 is 0 Å². The second-order valence-corrected chi connectivity index (χ2v) is 3.52. The molecule has 0 heterocycles. The maximum atomic E-state index is 11.9. The van der Waals surface area contributed by atoms with Gasteiger partial charge in [-0.3, -0.25) is 0 Å². The normalized spacial score (nSPS) is 14.1. The Balaban J connectivity index is 3.67. The summed E-state index contributed by atoms with van der Waals surface area (Å²) in [4.78, 5) is 0. The molecule has 0 rings (SSSR count). The van der Waals surface area contributed by atoms with Gasteiger partial charge in [-0.25, -0.2) is 0 Å². The molecule has 0 saturated carbocycles. The van der Waals surface area contributed by atoms with Crippen molar-refractivity contribution in [3.05, 3.63) is 0 Å². The van der Waals surface area contributed by atoms with Crippen molar-refractivity contribution in [2.75, 3.05) is 33.4 Å². The highest BCUT2D eigenvalue weighted by Crippen LogP contribution is 2.19. The van der Waals surface area contributed by atoms with E-state index in [-0.39, 0.29) is 12.7 Å². The molecule has 0 amide bonds. The van der Waals surface area contributed by atoms with Gasteiger partial charge in [0.1, 0.15) is 0 Å². The molecule has 1 atom stereocenters. The summed E-state index contributed by atoms with van der Waals surface area (Å²) in [6.07, 6.45) is -4.42. The van der Waals surface area contributed by atoms with Crippen LogP contribution in [0.4, 0.5) is 13.2 Å². The summed E-state index contributed by atoms with van der Waals surface area (Å²) in [5.41, 5.74) is 0. The fraction of sp³-hybridized carbons (Fsp3) is 1.00. The molecule has 0 aromatic rings. The Bertz CT molecular complexity index is 165. The largest absolute Gasteiger partial charge is 0.391 e. The number of halogens is 3. The minimum absolute atomic E-state index is 0.300. The summed E-state index contributed by atoms with van der Waals surface area (Å²) in [5, 5.41) is 3.08. The summed E-state index contributed by atoms with van der Waals surface area (Å²) >= 11 is 0. The third kappa shape index (κ3) is 10.2. The van der Waals surface area contributed by atoms with Crippen LogP contribution in [0.1, 0.15) is 19.8 Å². The van der Waals surface area contributed by atoms with Crippen LogP contribution >= 0.6 is 0 Å². The molecule has 0 spiro atoms. The third-order valence-electron chi connectivity index (χ3n) is 1.89. The lowest BCUT2D eigenvalue weighted by Gasteiger charge is -2.18. The SMILES string of the molecule is CCCNCC(COC)OCCC(F)(F)F. The van der Waals surface area contributed by atoms with Crippen LogP contribution in [0.2, 0.25) is 0 Å². The maximum Gasteiger partial charge on any atom is 0.391 e. The average molecular weight is 243 g/mol. The summed E-state index contributed by atoms with van der Waals surface area (Å²) in [6.45, 7) is 3.34. The van der Waals surface area contributed by atoms with Gasteiger partial charge in [-0.05, 0) is 13.0 Å². The van der Waals surface area contributed by atoms with Crippen molar-refractivity contribution in [2.45, 2.75) is 32.0 Å². The van der Waals surface area contributed by atoms with Crippen molar-refractivity contribution < 1.29 is 22.6 Å². The van der Waals surface area contributed by atoms with Gasteiger partial charge in [0.2, 0.25) is 0 Å². The predicted molar refractivity (Wildman–Crippen MR) is 55.4 cm³/mol. The first kappa shape index (κ1) is 15.7. The molecule has 0 aliphatic carbocycles. The molecule has 0 aliphatic heterocycles. The van der Waals surface area contributed by atoms with Gasteiger partial charge in [0.15, 0.2) is 0 Å². The van der Waals surface area contributed by atoms with E-state index in [1.807, 2.05) is 6.92 Å². The molecule has 3 nitrogen and oxygen atoms in total. The quantitative estimate of drug-likeness (QED) is 0.628. The van der Waals surface area contributed by atoms with Gasteiger partial charge in [0.25, 0.3) is 0 Å². The monoisotopic (exact) mass is 243 g/mol. The lowest BCUT2D eigenvalue weighted by atomic mass is 10.3. The van der Waals surface area contributed by atoms with E-state index < -0.39 is 12.6 Å². The Morgan fingerprint density at radius 1 is 1.31 bits per heavy atom. The zero-order chi connectivity index (χ0) is 12.4. The summed E-state index contributed by atoms with van der Waals surface area (Å²) in [7, 11) is 1.50. The maximum absolute atomic E-state index is 11.9. The highest BCUT2D eigenvalue weighted by atomic mass is 19.4. The first-order valence-electron chi connectivity index (χ1n) is 5.37. The molecule has 1 N–H and O–H groups in total. The smallest absolute Gasteiger partial charge is 0.382 e. The highest BCUT2D eigenvalue weighted by Gasteiger charge is 2.27. The van der Waals surface area contributed by atoms with Crippen LogP contribution in [0.15, 0.2) is 0 Å². The van der Waals surface area contributed by atoms with E-state index in [4.69, 9.17) is 9.47 Å². The molecule has 0 aromatic heterocycles. The van der Waals surface area contributed by atoms with Gasteiger partial charge in [-0.2, -0.15) is 13.2 Å². The third-order valence-corrected chi connectivity index (χ3v) is 1.89. The molecular weight excluding hydrogens is 223 g/mol. The van der Waals surface area contributed by atoms with Gasteiger partial charge in [-0.1, -0.05) is 6.92 Å². The van der Waals surface area contributed by atoms with E-state index in [1.165, 1.54) is 7.11 Å². The van der Waals surface area contributed by atoms with Crippen molar-refractivity contribution in [2.24, 2.45) is 0 Å². The number of hydrogen-bond acceptors (Lipinski definition) is 3. The Morgan fingerprint density at radius 2 is 2.00 bits per heavy atom. The topological polar surface area (TPSA) is 30.5 Å². The first-order chi connectivity index (χ1) is 7.49. The fourth-order valence-electron chi connectivity index (χ4n) is 1.13. The van der Waals surface area contributed by atoms with E-state index in [2.05, 4.69) is 5.32 Å². The predicted octanol–water partition coefficient (Wildman–Crippen LogP) is 1.97. The van der Waals surface area contributed by atoms with Crippen LogP contribution in [-0.2, 0) is 9.47 Å². The summed E-state index contributed by atoms with van der Waals surface area (Å²) in [6, 6.07) is 0. The number of ether oxygens (including phenoxy) is 2. The molecular formula is C10H20F3NO2. The van der Waals surface area contributed by atoms with Crippen molar-refractivity contribution in [1.29, 1.82) is 0 Å². The number of hydrogen-bond donors (Lipinski definition) is 1. The van der Waals surface area contributed by atoms with E-state index in [9.17, 15) is 13.2 Å². The molecule has 0 bridgehead atoms. The number of methoxy groups -OCH3 is 1. The van der Waals surface area contributed by atoms with Gasteiger partial charge in [-0.15, -0.1) is 0 Å². The second-order valence-electron chi connectivity index (χ2n) is 3.52. The van der Waals surface area contributed by atoms with E-state index in [0.717, 1.165) is 13.0 Å². The molecule has 98 valence electrons. The molecule has 6 heteroatoms.